The minimum Gasteiger partial charge on any atom is -0.495 e. The minimum atomic E-state index is 0.673. The fourth-order valence-electron chi connectivity index (χ4n) is 2.01. The van der Waals surface area contributed by atoms with Crippen molar-refractivity contribution >= 4 is 5.69 Å². The van der Waals surface area contributed by atoms with E-state index in [0.717, 1.165) is 36.5 Å². The quantitative estimate of drug-likeness (QED) is 0.823. The zero-order valence-electron chi connectivity index (χ0n) is 10.9. The predicted molar refractivity (Wildman–Crippen MR) is 72.7 cm³/mol. The van der Waals surface area contributed by atoms with E-state index in [0.29, 0.717) is 5.69 Å². The van der Waals surface area contributed by atoms with Crippen LogP contribution in [0, 0.1) is 0 Å². The van der Waals surface area contributed by atoms with Gasteiger partial charge < -0.3 is 15.0 Å². The summed E-state index contributed by atoms with van der Waals surface area (Å²) in [6, 6.07) is 5.89. The number of aryl methyl sites for hydroxylation is 1. The highest BCUT2D eigenvalue weighted by molar-refractivity contribution is 5.54. The van der Waals surface area contributed by atoms with E-state index in [2.05, 4.69) is 16.5 Å². The standard InChI is InChI=1S/C14H19N3O/c1-3-4-14-16-7-8-17(14)10-11-5-6-13(18-2)12(15)9-11/h5-9H,3-4,10,15H2,1-2H3. The summed E-state index contributed by atoms with van der Waals surface area (Å²) in [5.41, 5.74) is 7.74. The van der Waals surface area contributed by atoms with Crippen LogP contribution in [-0.2, 0) is 13.0 Å². The number of imidazole rings is 1. The average molecular weight is 245 g/mol. The van der Waals surface area contributed by atoms with E-state index in [-0.39, 0.29) is 0 Å². The van der Waals surface area contributed by atoms with E-state index >= 15 is 0 Å². The molecule has 0 radical (unpaired) electrons. The topological polar surface area (TPSA) is 53.1 Å². The van der Waals surface area contributed by atoms with Crippen LogP contribution in [0.25, 0.3) is 0 Å². The van der Waals surface area contributed by atoms with Crippen LogP contribution in [0.4, 0.5) is 5.69 Å². The van der Waals surface area contributed by atoms with Crippen molar-refractivity contribution in [3.05, 3.63) is 42.0 Å². The molecule has 0 aliphatic heterocycles. The molecule has 2 rings (SSSR count). The normalized spacial score (nSPS) is 10.6. The molecule has 96 valence electrons. The summed E-state index contributed by atoms with van der Waals surface area (Å²) in [5.74, 6) is 1.84. The molecule has 1 aromatic carbocycles. The molecule has 0 saturated heterocycles. The van der Waals surface area contributed by atoms with Gasteiger partial charge >= 0.3 is 0 Å². The number of methoxy groups -OCH3 is 1. The second-order valence-corrected chi connectivity index (χ2v) is 4.30. The Labute approximate surface area is 107 Å². The molecule has 2 N–H and O–H groups in total. The lowest BCUT2D eigenvalue weighted by molar-refractivity contribution is 0.417. The van der Waals surface area contributed by atoms with Gasteiger partial charge in [-0.25, -0.2) is 4.98 Å². The zero-order chi connectivity index (χ0) is 13.0. The molecule has 1 heterocycles. The highest BCUT2D eigenvalue weighted by atomic mass is 16.5. The lowest BCUT2D eigenvalue weighted by Gasteiger charge is -2.10. The third kappa shape index (κ3) is 2.64. The average Bonchev–Trinajstić information content (AvgIpc) is 2.78. The Morgan fingerprint density at radius 1 is 1.39 bits per heavy atom. The van der Waals surface area contributed by atoms with Gasteiger partial charge in [0.25, 0.3) is 0 Å². The van der Waals surface area contributed by atoms with Crippen molar-refractivity contribution in [2.45, 2.75) is 26.3 Å². The molecule has 0 bridgehead atoms. The maximum absolute atomic E-state index is 5.91. The molecular formula is C14H19N3O. The van der Waals surface area contributed by atoms with Crippen LogP contribution in [0.2, 0.25) is 0 Å². The highest BCUT2D eigenvalue weighted by Crippen LogP contribution is 2.22. The lowest BCUT2D eigenvalue weighted by atomic mass is 10.2. The van der Waals surface area contributed by atoms with Crippen molar-refractivity contribution in [3.63, 3.8) is 0 Å². The molecular weight excluding hydrogens is 226 g/mol. The molecule has 2 aromatic rings. The first-order chi connectivity index (χ1) is 8.74. The van der Waals surface area contributed by atoms with Gasteiger partial charge in [-0.3, -0.25) is 0 Å². The molecule has 0 aliphatic rings. The maximum Gasteiger partial charge on any atom is 0.141 e. The summed E-state index contributed by atoms with van der Waals surface area (Å²) in [7, 11) is 1.63. The number of benzene rings is 1. The molecule has 4 nitrogen and oxygen atoms in total. The van der Waals surface area contributed by atoms with Crippen molar-refractivity contribution in [1.29, 1.82) is 0 Å². The maximum atomic E-state index is 5.91. The molecule has 4 heteroatoms. The van der Waals surface area contributed by atoms with E-state index in [1.54, 1.807) is 7.11 Å². The second kappa shape index (κ2) is 5.58. The zero-order valence-corrected chi connectivity index (χ0v) is 10.9. The number of hydrogen-bond donors (Lipinski definition) is 1. The van der Waals surface area contributed by atoms with Crippen molar-refractivity contribution in [2.24, 2.45) is 0 Å². The number of nitrogen functional groups attached to an aromatic ring is 1. The monoisotopic (exact) mass is 245 g/mol. The third-order valence-electron chi connectivity index (χ3n) is 2.92. The van der Waals surface area contributed by atoms with E-state index in [4.69, 9.17) is 10.5 Å². The minimum absolute atomic E-state index is 0.673. The molecule has 0 saturated carbocycles. The Morgan fingerprint density at radius 3 is 2.89 bits per heavy atom. The van der Waals surface area contributed by atoms with Crippen LogP contribution >= 0.6 is 0 Å². The van der Waals surface area contributed by atoms with E-state index < -0.39 is 0 Å². The Morgan fingerprint density at radius 2 is 2.22 bits per heavy atom. The van der Waals surface area contributed by atoms with Crippen molar-refractivity contribution < 1.29 is 4.74 Å². The fourth-order valence-corrected chi connectivity index (χ4v) is 2.01. The molecule has 0 amide bonds. The number of nitrogens with two attached hydrogens (primary N) is 1. The summed E-state index contributed by atoms with van der Waals surface area (Å²) in [6.07, 6.45) is 5.95. The van der Waals surface area contributed by atoms with Crippen LogP contribution in [0.5, 0.6) is 5.75 Å². The van der Waals surface area contributed by atoms with Gasteiger partial charge in [-0.15, -0.1) is 0 Å². The molecule has 0 atom stereocenters. The smallest absolute Gasteiger partial charge is 0.141 e. The Bertz CT molecular complexity index is 520. The van der Waals surface area contributed by atoms with Gasteiger partial charge in [0.1, 0.15) is 11.6 Å². The van der Waals surface area contributed by atoms with Crippen LogP contribution in [-0.4, -0.2) is 16.7 Å². The van der Waals surface area contributed by atoms with Gasteiger partial charge in [0, 0.05) is 25.4 Å². The fraction of sp³-hybridized carbons (Fsp3) is 0.357. The Hall–Kier alpha value is -1.97. The van der Waals surface area contributed by atoms with Gasteiger partial charge in [-0.1, -0.05) is 13.0 Å². The Kier molecular flexibility index (Phi) is 3.87. The van der Waals surface area contributed by atoms with E-state index in [1.807, 2.05) is 30.6 Å². The SMILES string of the molecule is CCCc1nccn1Cc1ccc(OC)c(N)c1. The predicted octanol–water partition coefficient (Wildman–Crippen LogP) is 2.47. The van der Waals surface area contributed by atoms with Crippen LogP contribution in [0.3, 0.4) is 0 Å². The Balaban J connectivity index is 2.18. The summed E-state index contributed by atoms with van der Waals surface area (Å²) < 4.78 is 7.31. The largest absolute Gasteiger partial charge is 0.495 e. The van der Waals surface area contributed by atoms with Crippen molar-refractivity contribution in [2.75, 3.05) is 12.8 Å². The van der Waals surface area contributed by atoms with Gasteiger partial charge in [0.05, 0.1) is 12.8 Å². The number of hydrogen-bond acceptors (Lipinski definition) is 3. The summed E-state index contributed by atoms with van der Waals surface area (Å²) >= 11 is 0. The van der Waals surface area contributed by atoms with Gasteiger partial charge in [0.2, 0.25) is 0 Å². The van der Waals surface area contributed by atoms with Crippen molar-refractivity contribution in [1.82, 2.24) is 9.55 Å². The third-order valence-corrected chi connectivity index (χ3v) is 2.92. The van der Waals surface area contributed by atoms with E-state index in [9.17, 15) is 0 Å². The number of ether oxygens (including phenoxy) is 1. The van der Waals surface area contributed by atoms with Crippen LogP contribution in [0.15, 0.2) is 30.6 Å². The van der Waals surface area contributed by atoms with Crippen LogP contribution < -0.4 is 10.5 Å². The molecule has 1 aromatic heterocycles. The summed E-state index contributed by atoms with van der Waals surface area (Å²) in [4.78, 5) is 4.37. The summed E-state index contributed by atoms with van der Waals surface area (Å²) in [5, 5.41) is 0. The second-order valence-electron chi connectivity index (χ2n) is 4.30. The molecule has 18 heavy (non-hydrogen) atoms. The molecule has 0 aliphatic carbocycles. The molecule has 0 fully saturated rings. The molecule has 0 spiro atoms. The number of aromatic nitrogens is 2. The van der Waals surface area contributed by atoms with Gasteiger partial charge in [0.15, 0.2) is 0 Å². The summed E-state index contributed by atoms with van der Waals surface area (Å²) in [6.45, 7) is 2.95. The van der Waals surface area contributed by atoms with Crippen LogP contribution in [0.1, 0.15) is 24.7 Å². The molecule has 0 unspecified atom stereocenters. The number of anilines is 1. The first-order valence-corrected chi connectivity index (χ1v) is 6.17. The number of rotatable bonds is 5. The highest BCUT2D eigenvalue weighted by Gasteiger charge is 2.05. The first-order valence-electron chi connectivity index (χ1n) is 6.17. The van der Waals surface area contributed by atoms with Gasteiger partial charge in [-0.2, -0.15) is 0 Å². The number of nitrogens with zero attached hydrogens (tertiary/aromatic N) is 2. The first kappa shape index (κ1) is 12.5. The van der Waals surface area contributed by atoms with Crippen molar-refractivity contribution in [3.8, 4) is 5.75 Å². The lowest BCUT2D eigenvalue weighted by Crippen LogP contribution is -2.05. The van der Waals surface area contributed by atoms with Gasteiger partial charge in [-0.05, 0) is 24.1 Å². The van der Waals surface area contributed by atoms with E-state index in [1.165, 1.54) is 0 Å².